The van der Waals surface area contributed by atoms with Crippen LogP contribution in [0.15, 0.2) is 42.2 Å². The number of pyridine rings is 1. The molecule has 2 unspecified atom stereocenters. The molecule has 0 radical (unpaired) electrons. The Morgan fingerprint density at radius 1 is 1.34 bits per heavy atom. The molecule has 1 fully saturated rings. The average Bonchev–Trinajstić information content (AvgIpc) is 3.29. The van der Waals surface area contributed by atoms with E-state index in [2.05, 4.69) is 27.9 Å². The van der Waals surface area contributed by atoms with Crippen LogP contribution in [0.4, 0.5) is 5.82 Å². The predicted molar refractivity (Wildman–Crippen MR) is 113 cm³/mol. The number of amides is 1. The van der Waals surface area contributed by atoms with Gasteiger partial charge in [0.1, 0.15) is 11.9 Å². The van der Waals surface area contributed by atoms with Gasteiger partial charge in [0.15, 0.2) is 0 Å². The number of carbonyl (C=O) groups excluding carboxylic acids is 1. The summed E-state index contributed by atoms with van der Waals surface area (Å²) in [4.78, 5) is 24.2. The summed E-state index contributed by atoms with van der Waals surface area (Å²) in [5.74, 6) is 1.03. The number of piperidine rings is 1. The maximum atomic E-state index is 12.6. The Morgan fingerprint density at radius 3 is 2.69 bits per heavy atom. The van der Waals surface area contributed by atoms with Crippen molar-refractivity contribution in [3.05, 3.63) is 53.5 Å². The average molecular weight is 390 g/mol. The van der Waals surface area contributed by atoms with Crippen LogP contribution in [0, 0.1) is 22.7 Å². The minimum atomic E-state index is -0.0728. The van der Waals surface area contributed by atoms with Crippen molar-refractivity contribution in [2.75, 3.05) is 18.0 Å². The summed E-state index contributed by atoms with van der Waals surface area (Å²) < 4.78 is 0. The molecule has 150 valence electrons. The van der Waals surface area contributed by atoms with E-state index < -0.39 is 0 Å². The van der Waals surface area contributed by atoms with Crippen molar-refractivity contribution in [1.29, 1.82) is 10.7 Å². The van der Waals surface area contributed by atoms with Crippen molar-refractivity contribution in [2.24, 2.45) is 5.92 Å². The number of hydrogen-bond acceptors (Lipinski definition) is 5. The fourth-order valence-corrected chi connectivity index (χ4v) is 3.97. The van der Waals surface area contributed by atoms with Gasteiger partial charge in [-0.3, -0.25) is 4.79 Å². The first-order chi connectivity index (χ1) is 14.1. The van der Waals surface area contributed by atoms with Gasteiger partial charge >= 0.3 is 0 Å². The summed E-state index contributed by atoms with van der Waals surface area (Å²) in [7, 11) is 0. The molecule has 1 saturated heterocycles. The Morgan fingerprint density at radius 2 is 2.14 bits per heavy atom. The van der Waals surface area contributed by atoms with Crippen molar-refractivity contribution in [3.63, 3.8) is 0 Å². The fourth-order valence-electron chi connectivity index (χ4n) is 3.97. The van der Waals surface area contributed by atoms with E-state index >= 15 is 0 Å². The number of aromatic nitrogens is 2. The lowest BCUT2D eigenvalue weighted by Gasteiger charge is -2.47. The van der Waals surface area contributed by atoms with Crippen LogP contribution >= 0.6 is 0 Å². The van der Waals surface area contributed by atoms with Crippen molar-refractivity contribution in [2.45, 2.75) is 33.2 Å². The van der Waals surface area contributed by atoms with Crippen LogP contribution < -0.4 is 4.90 Å². The van der Waals surface area contributed by atoms with Gasteiger partial charge in [0.2, 0.25) is 0 Å². The quantitative estimate of drug-likeness (QED) is 0.781. The number of hydrogen-bond donors (Lipinski definition) is 2. The Balaban J connectivity index is 0.00000117. The number of carbonyl (C=O) groups is 1. The highest BCUT2D eigenvalue weighted by Gasteiger charge is 2.44. The van der Waals surface area contributed by atoms with E-state index in [0.29, 0.717) is 11.1 Å². The van der Waals surface area contributed by atoms with Gasteiger partial charge in [-0.15, -0.1) is 0 Å². The fraction of sp³-hybridized carbons (Fsp3) is 0.364. The summed E-state index contributed by atoms with van der Waals surface area (Å²) >= 11 is 0. The van der Waals surface area contributed by atoms with Crippen LogP contribution in [0.5, 0.6) is 0 Å². The van der Waals surface area contributed by atoms with Gasteiger partial charge in [0, 0.05) is 37.7 Å². The first-order valence-corrected chi connectivity index (χ1v) is 9.97. The summed E-state index contributed by atoms with van der Waals surface area (Å²) in [6.07, 6.45) is 5.39. The van der Waals surface area contributed by atoms with Crippen LogP contribution in [0.25, 0.3) is 5.70 Å². The van der Waals surface area contributed by atoms with Gasteiger partial charge in [-0.05, 0) is 36.6 Å². The van der Waals surface area contributed by atoms with Gasteiger partial charge in [0.05, 0.1) is 22.5 Å². The Bertz CT molecular complexity index is 939. The summed E-state index contributed by atoms with van der Waals surface area (Å²) in [5, 5.41) is 16.5. The zero-order valence-corrected chi connectivity index (χ0v) is 17.0. The summed E-state index contributed by atoms with van der Waals surface area (Å²) in [6, 6.07) is 9.65. The third-order valence-electron chi connectivity index (χ3n) is 5.34. The zero-order chi connectivity index (χ0) is 21.0. The molecule has 2 aliphatic rings. The molecule has 1 amide bonds. The molecule has 0 spiro atoms. The molecule has 2 N–H and O–H groups in total. The Labute approximate surface area is 171 Å². The third-order valence-corrected chi connectivity index (χ3v) is 5.34. The van der Waals surface area contributed by atoms with E-state index in [4.69, 9.17) is 10.7 Å². The topological polar surface area (TPSA) is 99.9 Å². The summed E-state index contributed by atoms with van der Waals surface area (Å²) in [5.41, 5.74) is 2.70. The molecular formula is C22H26N6O. The zero-order valence-electron chi connectivity index (χ0n) is 17.0. The number of aromatic amines is 1. The number of nitrogens with zero attached hydrogens (tertiary/aromatic N) is 4. The Kier molecular flexibility index (Phi) is 6.13. The van der Waals surface area contributed by atoms with E-state index in [1.54, 1.807) is 12.3 Å². The molecule has 0 bridgehead atoms. The van der Waals surface area contributed by atoms with Gasteiger partial charge in [0.25, 0.3) is 5.91 Å². The van der Waals surface area contributed by atoms with Gasteiger partial charge in [-0.1, -0.05) is 20.8 Å². The lowest BCUT2D eigenvalue weighted by Crippen LogP contribution is -2.56. The second-order valence-electron chi connectivity index (χ2n) is 6.96. The number of nitrogens with one attached hydrogen (secondary N) is 2. The minimum absolute atomic E-state index is 0.0728. The smallest absolute Gasteiger partial charge is 0.262 e. The maximum absolute atomic E-state index is 12.6. The highest BCUT2D eigenvalue weighted by atomic mass is 16.2. The van der Waals surface area contributed by atoms with Crippen LogP contribution in [0.1, 0.15) is 38.4 Å². The second kappa shape index (κ2) is 8.74. The molecule has 2 atom stereocenters. The predicted octanol–water partition coefficient (Wildman–Crippen LogP) is 3.43. The van der Waals surface area contributed by atoms with E-state index in [1.165, 1.54) is 0 Å². The maximum Gasteiger partial charge on any atom is 0.262 e. The molecule has 4 heterocycles. The molecule has 7 heteroatoms. The van der Waals surface area contributed by atoms with Crippen LogP contribution in [0.2, 0.25) is 0 Å². The van der Waals surface area contributed by atoms with E-state index in [0.717, 1.165) is 42.9 Å². The molecule has 0 saturated carbocycles. The van der Waals surface area contributed by atoms with Crippen LogP contribution in [-0.4, -0.2) is 46.1 Å². The largest absolute Gasteiger partial charge is 0.360 e. The van der Waals surface area contributed by atoms with Crippen molar-refractivity contribution < 1.29 is 4.79 Å². The van der Waals surface area contributed by atoms with Crippen molar-refractivity contribution in [1.82, 2.24) is 14.9 Å². The number of anilines is 1. The standard InChI is InChI=1S/C20H20N6O.C2H6/c1-13-12-25(18-5-4-14(9-21)11-24-18)8-6-17(13)26-19(15(10-22)20(26)27)16-3-2-7-23-16;1-2/h2-5,7,10-11,13,17,22-23H,6,8,12H2,1H3;1-2H3. The molecule has 0 aromatic carbocycles. The minimum Gasteiger partial charge on any atom is -0.360 e. The molecular weight excluding hydrogens is 364 g/mol. The third kappa shape index (κ3) is 3.66. The van der Waals surface area contributed by atoms with Gasteiger partial charge in [-0.2, -0.15) is 5.26 Å². The first-order valence-electron chi connectivity index (χ1n) is 9.97. The Hall–Kier alpha value is -3.40. The molecule has 4 rings (SSSR count). The monoisotopic (exact) mass is 390 g/mol. The van der Waals surface area contributed by atoms with Crippen LogP contribution in [-0.2, 0) is 4.79 Å². The molecule has 7 nitrogen and oxygen atoms in total. The lowest BCUT2D eigenvalue weighted by atomic mass is 9.87. The van der Waals surface area contributed by atoms with E-state index in [1.807, 2.05) is 43.1 Å². The van der Waals surface area contributed by atoms with Crippen LogP contribution in [0.3, 0.4) is 0 Å². The summed E-state index contributed by atoms with van der Waals surface area (Å²) in [6.45, 7) is 7.71. The molecule has 2 aliphatic heterocycles. The normalized spacial score (nSPS) is 21.1. The molecule has 0 aliphatic carbocycles. The SMILES string of the molecule is CC.CC1CN(c2ccc(C#N)cn2)CCC1N1C(=O)C(C=N)=C1c1ccc[nH]1. The van der Waals surface area contributed by atoms with E-state index in [9.17, 15) is 4.79 Å². The number of H-pyrrole nitrogens is 1. The molecule has 29 heavy (non-hydrogen) atoms. The highest BCUT2D eigenvalue weighted by Crippen LogP contribution is 2.39. The molecule has 2 aromatic rings. The number of rotatable bonds is 4. The van der Waals surface area contributed by atoms with Gasteiger partial charge in [-0.25, -0.2) is 4.98 Å². The highest BCUT2D eigenvalue weighted by molar-refractivity contribution is 6.26. The van der Waals surface area contributed by atoms with Crippen molar-refractivity contribution in [3.8, 4) is 6.07 Å². The first kappa shape index (κ1) is 20.3. The second-order valence-corrected chi connectivity index (χ2v) is 6.96. The van der Waals surface area contributed by atoms with Crippen molar-refractivity contribution >= 4 is 23.6 Å². The lowest BCUT2D eigenvalue weighted by molar-refractivity contribution is -0.128. The van der Waals surface area contributed by atoms with E-state index in [-0.39, 0.29) is 17.9 Å². The van der Waals surface area contributed by atoms with Gasteiger partial charge < -0.3 is 20.2 Å². The molecule has 2 aromatic heterocycles. The number of nitriles is 1.